The molecule has 0 rings (SSSR count). The Hall–Kier alpha value is -1.18. The Bertz CT molecular complexity index is 734. The lowest BCUT2D eigenvalue weighted by Gasteiger charge is -2.22. The van der Waals surface area contributed by atoms with Crippen LogP contribution in [-0.2, 0) is 23.8 Å². The Balaban J connectivity index is 4.17. The Kier molecular flexibility index (Phi) is 42.6. The van der Waals surface area contributed by atoms with Crippen molar-refractivity contribution < 1.29 is 28.9 Å². The third-order valence-corrected chi connectivity index (χ3v) is 10.6. The zero-order valence-corrected chi connectivity index (χ0v) is 35.8. The molecule has 0 unspecified atom stereocenters. The number of carbonyl (C=O) groups is 2. The molecule has 7 nitrogen and oxygen atoms in total. The van der Waals surface area contributed by atoms with Crippen LogP contribution < -0.4 is 0 Å². The maximum Gasteiger partial charge on any atom is 0.306 e. The molecule has 0 radical (unpaired) electrons. The summed E-state index contributed by atoms with van der Waals surface area (Å²) in [6.07, 6.45) is 38.4. The van der Waals surface area contributed by atoms with Crippen LogP contribution in [0.15, 0.2) is 0 Å². The first-order valence-electron chi connectivity index (χ1n) is 23.3. The molecule has 0 aliphatic rings. The maximum atomic E-state index is 12.8. The molecule has 1 N–H and O–H groups in total. The summed E-state index contributed by atoms with van der Waals surface area (Å²) in [5, 5.41) is 9.06. The van der Waals surface area contributed by atoms with Crippen molar-refractivity contribution >= 4 is 11.9 Å². The molecule has 0 aromatic carbocycles. The van der Waals surface area contributed by atoms with Crippen LogP contribution in [0, 0.1) is 0 Å². The minimum absolute atomic E-state index is 0.00749. The monoisotopic (exact) mass is 754 g/mol. The van der Waals surface area contributed by atoms with Crippen LogP contribution in [0.3, 0.4) is 0 Å². The molecular weight excluding hydrogens is 663 g/mol. The Morgan fingerprint density at radius 3 is 1.38 bits per heavy atom. The average Bonchev–Trinajstić information content (AvgIpc) is 3.15. The van der Waals surface area contributed by atoms with E-state index in [1.807, 2.05) is 0 Å². The van der Waals surface area contributed by atoms with Gasteiger partial charge in [0.05, 0.1) is 26.4 Å². The Labute approximate surface area is 329 Å². The van der Waals surface area contributed by atoms with Gasteiger partial charge in [0.2, 0.25) is 0 Å². The first-order valence-corrected chi connectivity index (χ1v) is 23.3. The molecule has 0 fully saturated rings. The van der Waals surface area contributed by atoms with Crippen LogP contribution in [0.5, 0.6) is 0 Å². The highest BCUT2D eigenvalue weighted by molar-refractivity contribution is 5.69. The molecule has 0 aliphatic carbocycles. The number of nitrogens with zero attached hydrogens (tertiary/aromatic N) is 1. The van der Waals surface area contributed by atoms with E-state index >= 15 is 0 Å². The summed E-state index contributed by atoms with van der Waals surface area (Å²) in [7, 11) is 0. The first-order chi connectivity index (χ1) is 26.1. The van der Waals surface area contributed by atoms with Crippen LogP contribution in [0.1, 0.15) is 233 Å². The van der Waals surface area contributed by atoms with Gasteiger partial charge in [-0.05, 0) is 70.9 Å². The maximum absolute atomic E-state index is 12.8. The van der Waals surface area contributed by atoms with Gasteiger partial charge in [-0.15, -0.1) is 0 Å². The largest absolute Gasteiger partial charge is 0.466 e. The molecule has 0 heterocycles. The van der Waals surface area contributed by atoms with Crippen LogP contribution in [0.25, 0.3) is 0 Å². The van der Waals surface area contributed by atoms with Crippen molar-refractivity contribution in [2.24, 2.45) is 0 Å². The van der Waals surface area contributed by atoms with Gasteiger partial charge in [-0.2, -0.15) is 0 Å². The van der Waals surface area contributed by atoms with Gasteiger partial charge in [0, 0.05) is 19.4 Å². The van der Waals surface area contributed by atoms with Gasteiger partial charge < -0.3 is 24.2 Å². The summed E-state index contributed by atoms with van der Waals surface area (Å²) in [5.74, 6) is -0.0404. The fraction of sp³-hybridized carbons (Fsp3) is 0.957. The predicted octanol–water partition coefficient (Wildman–Crippen LogP) is 12.7. The van der Waals surface area contributed by atoms with E-state index in [1.54, 1.807) is 0 Å². The van der Waals surface area contributed by atoms with Crippen molar-refractivity contribution in [2.45, 2.75) is 239 Å². The number of hydrogen-bond acceptors (Lipinski definition) is 7. The summed E-state index contributed by atoms with van der Waals surface area (Å²) < 4.78 is 17.1. The minimum atomic E-state index is -0.0479. The highest BCUT2D eigenvalue weighted by atomic mass is 16.5. The second-order valence-corrected chi connectivity index (χ2v) is 15.8. The van der Waals surface area contributed by atoms with Crippen molar-refractivity contribution in [1.82, 2.24) is 4.90 Å². The van der Waals surface area contributed by atoms with E-state index in [9.17, 15) is 9.59 Å². The lowest BCUT2D eigenvalue weighted by molar-refractivity contribution is -0.150. The summed E-state index contributed by atoms with van der Waals surface area (Å²) in [5.41, 5.74) is 0. The van der Waals surface area contributed by atoms with Crippen molar-refractivity contribution in [3.8, 4) is 0 Å². The van der Waals surface area contributed by atoms with Crippen LogP contribution >= 0.6 is 0 Å². The summed E-state index contributed by atoms with van der Waals surface area (Å²) >= 11 is 0. The fourth-order valence-electron chi connectivity index (χ4n) is 7.09. The molecule has 0 saturated carbocycles. The molecule has 0 spiro atoms. The number of aliphatic hydroxyl groups is 1. The molecule has 7 heteroatoms. The van der Waals surface area contributed by atoms with E-state index < -0.39 is 0 Å². The zero-order chi connectivity index (χ0) is 38.7. The van der Waals surface area contributed by atoms with Crippen molar-refractivity contribution in [3.05, 3.63) is 0 Å². The fourth-order valence-corrected chi connectivity index (χ4v) is 7.09. The number of ether oxygens (including phenoxy) is 3. The van der Waals surface area contributed by atoms with Crippen LogP contribution in [0.4, 0.5) is 0 Å². The van der Waals surface area contributed by atoms with Gasteiger partial charge in [0.15, 0.2) is 0 Å². The third-order valence-electron chi connectivity index (χ3n) is 10.6. The minimum Gasteiger partial charge on any atom is -0.466 e. The molecular formula is C46H91NO6. The van der Waals surface area contributed by atoms with Crippen molar-refractivity contribution in [1.29, 1.82) is 0 Å². The Morgan fingerprint density at radius 2 is 0.868 bits per heavy atom. The zero-order valence-electron chi connectivity index (χ0n) is 35.8. The van der Waals surface area contributed by atoms with Gasteiger partial charge in [0.1, 0.15) is 6.10 Å². The highest BCUT2D eigenvalue weighted by Gasteiger charge is 2.14. The number of carbonyl (C=O) groups excluding carboxylic acids is 2. The van der Waals surface area contributed by atoms with E-state index in [0.29, 0.717) is 32.7 Å². The number of aliphatic hydroxyl groups excluding tert-OH is 1. The molecule has 0 atom stereocenters. The standard InChI is InChI=1S/C46H91NO6/c1-4-7-10-13-16-17-18-24-32-41-52-45(49)35-29-25-31-38-47(39-42-51-43-40-48)37-30-23-19-22-28-36-46(50)53-44(33-26-20-14-11-8-5-2)34-27-21-15-12-9-6-3/h44,48H,4-43H2,1-3H3. The predicted molar refractivity (Wildman–Crippen MR) is 225 cm³/mol. The molecule has 0 saturated heterocycles. The SMILES string of the molecule is CCCCCCCCCCCOC(=O)CCCCCN(CCCCCCCC(=O)OC(CCCCCCCC)CCCCCCCC)CCOCCO. The van der Waals surface area contributed by atoms with Gasteiger partial charge in [-0.3, -0.25) is 9.59 Å². The lowest BCUT2D eigenvalue weighted by Crippen LogP contribution is -2.30. The molecule has 0 aromatic rings. The third kappa shape index (κ3) is 40.3. The second kappa shape index (κ2) is 43.5. The normalized spacial score (nSPS) is 11.6. The van der Waals surface area contributed by atoms with Gasteiger partial charge >= 0.3 is 11.9 Å². The van der Waals surface area contributed by atoms with E-state index in [2.05, 4.69) is 25.7 Å². The highest BCUT2D eigenvalue weighted by Crippen LogP contribution is 2.18. The van der Waals surface area contributed by atoms with Crippen LogP contribution in [-0.4, -0.2) is 74.1 Å². The number of esters is 2. The average molecular weight is 754 g/mol. The molecule has 0 aromatic heterocycles. The van der Waals surface area contributed by atoms with E-state index in [4.69, 9.17) is 19.3 Å². The summed E-state index contributed by atoms with van der Waals surface area (Å²) in [4.78, 5) is 27.4. The molecule has 0 aliphatic heterocycles. The summed E-state index contributed by atoms with van der Waals surface area (Å²) in [6, 6.07) is 0. The lowest BCUT2D eigenvalue weighted by atomic mass is 10.0. The van der Waals surface area contributed by atoms with Gasteiger partial charge in [-0.1, -0.05) is 162 Å². The Morgan fingerprint density at radius 1 is 0.453 bits per heavy atom. The second-order valence-electron chi connectivity index (χ2n) is 15.8. The quantitative estimate of drug-likeness (QED) is 0.0490. The smallest absolute Gasteiger partial charge is 0.306 e. The van der Waals surface area contributed by atoms with Gasteiger partial charge in [0.25, 0.3) is 0 Å². The first kappa shape index (κ1) is 51.8. The number of hydrogen-bond donors (Lipinski definition) is 1. The van der Waals surface area contributed by atoms with Crippen molar-refractivity contribution in [3.63, 3.8) is 0 Å². The topological polar surface area (TPSA) is 85.3 Å². The van der Waals surface area contributed by atoms with E-state index in [-0.39, 0.29) is 24.6 Å². The molecule has 0 amide bonds. The molecule has 316 valence electrons. The van der Waals surface area contributed by atoms with E-state index in [1.165, 1.54) is 122 Å². The molecule has 53 heavy (non-hydrogen) atoms. The van der Waals surface area contributed by atoms with Gasteiger partial charge in [-0.25, -0.2) is 0 Å². The summed E-state index contributed by atoms with van der Waals surface area (Å²) in [6.45, 7) is 11.3. The number of unbranched alkanes of at least 4 members (excludes halogenated alkanes) is 24. The van der Waals surface area contributed by atoms with E-state index in [0.717, 1.165) is 96.7 Å². The molecule has 0 bridgehead atoms. The number of rotatable bonds is 44. The van der Waals surface area contributed by atoms with Crippen molar-refractivity contribution in [2.75, 3.05) is 46.1 Å². The van der Waals surface area contributed by atoms with Crippen LogP contribution in [0.2, 0.25) is 0 Å².